The van der Waals surface area contributed by atoms with Crippen molar-refractivity contribution in [3.05, 3.63) is 12.2 Å². The molecule has 0 bridgehead atoms. The van der Waals surface area contributed by atoms with Crippen molar-refractivity contribution < 1.29 is 0 Å². The summed E-state index contributed by atoms with van der Waals surface area (Å²) in [5.74, 6) is 1.90. The van der Waals surface area contributed by atoms with Crippen LogP contribution in [-0.4, -0.2) is 14.8 Å². The Kier molecular flexibility index (Phi) is 1.64. The molecule has 0 saturated heterocycles. The molecule has 3 heteroatoms. The summed E-state index contributed by atoms with van der Waals surface area (Å²) in [6, 6.07) is 0. The highest BCUT2D eigenvalue weighted by Gasteiger charge is 2.23. The first-order chi connectivity index (χ1) is 5.42. The van der Waals surface area contributed by atoms with Gasteiger partial charge in [-0.1, -0.05) is 6.42 Å². The van der Waals surface area contributed by atoms with Crippen LogP contribution in [0.4, 0.5) is 0 Å². The first-order valence-electron chi connectivity index (χ1n) is 4.29. The van der Waals surface area contributed by atoms with Crippen molar-refractivity contribution in [1.82, 2.24) is 14.8 Å². The summed E-state index contributed by atoms with van der Waals surface area (Å²) in [5.41, 5.74) is 0. The molecule has 3 nitrogen and oxygen atoms in total. The van der Waals surface area contributed by atoms with E-state index in [4.69, 9.17) is 0 Å². The maximum absolute atomic E-state index is 4.12. The molecule has 1 aliphatic rings. The van der Waals surface area contributed by atoms with Crippen LogP contribution in [-0.2, 0) is 6.54 Å². The molecule has 0 aliphatic heterocycles. The van der Waals surface area contributed by atoms with Crippen molar-refractivity contribution in [1.29, 1.82) is 0 Å². The van der Waals surface area contributed by atoms with E-state index in [-0.39, 0.29) is 0 Å². The molecule has 2 rings (SSSR count). The van der Waals surface area contributed by atoms with Gasteiger partial charge in [-0.3, -0.25) is 0 Å². The maximum Gasteiger partial charge on any atom is 0.135 e. The Morgan fingerprint density at radius 2 is 2.45 bits per heavy atom. The molecular weight excluding hydrogens is 138 g/mol. The van der Waals surface area contributed by atoms with Crippen LogP contribution < -0.4 is 0 Å². The Morgan fingerprint density at radius 1 is 1.64 bits per heavy atom. The van der Waals surface area contributed by atoms with E-state index in [2.05, 4.69) is 21.7 Å². The second kappa shape index (κ2) is 2.64. The molecule has 1 aliphatic carbocycles. The zero-order chi connectivity index (χ0) is 7.68. The normalized spacial score (nSPS) is 18.3. The van der Waals surface area contributed by atoms with Gasteiger partial charge in [0, 0.05) is 12.5 Å². The molecule has 0 N–H and O–H groups in total. The van der Waals surface area contributed by atoms with Crippen LogP contribution in [0.2, 0.25) is 0 Å². The first kappa shape index (κ1) is 6.83. The van der Waals surface area contributed by atoms with Crippen LogP contribution in [0.5, 0.6) is 0 Å². The lowest BCUT2D eigenvalue weighted by Gasteiger charge is -2.24. The minimum atomic E-state index is 0.706. The fourth-order valence-corrected chi connectivity index (χ4v) is 1.49. The molecule has 1 heterocycles. The van der Waals surface area contributed by atoms with E-state index in [9.17, 15) is 0 Å². The minimum absolute atomic E-state index is 0.706. The lowest BCUT2D eigenvalue weighted by molar-refractivity contribution is 0.388. The van der Waals surface area contributed by atoms with Gasteiger partial charge in [0.1, 0.15) is 12.2 Å². The lowest BCUT2D eigenvalue weighted by Crippen LogP contribution is -2.14. The summed E-state index contributed by atoms with van der Waals surface area (Å²) in [6.07, 6.45) is 5.80. The van der Waals surface area contributed by atoms with Crippen molar-refractivity contribution in [3.63, 3.8) is 0 Å². The Morgan fingerprint density at radius 3 is 3.00 bits per heavy atom. The zero-order valence-electron chi connectivity index (χ0n) is 6.82. The smallest absolute Gasteiger partial charge is 0.135 e. The molecule has 11 heavy (non-hydrogen) atoms. The van der Waals surface area contributed by atoms with Crippen molar-refractivity contribution in [3.8, 4) is 0 Å². The summed E-state index contributed by atoms with van der Waals surface area (Å²) in [6.45, 7) is 3.13. The maximum atomic E-state index is 4.12. The number of aromatic nitrogens is 3. The van der Waals surface area contributed by atoms with Crippen LogP contribution in [0.3, 0.4) is 0 Å². The Hall–Kier alpha value is -0.860. The van der Waals surface area contributed by atoms with Gasteiger partial charge in [0.25, 0.3) is 0 Å². The Labute approximate surface area is 66.4 Å². The highest BCUT2D eigenvalue weighted by atomic mass is 15.3. The van der Waals surface area contributed by atoms with E-state index in [0.29, 0.717) is 5.92 Å². The van der Waals surface area contributed by atoms with Gasteiger partial charge in [0.05, 0.1) is 0 Å². The molecule has 0 aromatic carbocycles. The van der Waals surface area contributed by atoms with Crippen molar-refractivity contribution in [2.45, 2.75) is 38.6 Å². The second-order valence-electron chi connectivity index (χ2n) is 3.10. The van der Waals surface area contributed by atoms with E-state index >= 15 is 0 Å². The monoisotopic (exact) mass is 151 g/mol. The van der Waals surface area contributed by atoms with Crippen molar-refractivity contribution in [2.24, 2.45) is 0 Å². The van der Waals surface area contributed by atoms with Gasteiger partial charge in [-0.25, -0.2) is 0 Å². The lowest BCUT2D eigenvalue weighted by atomic mass is 9.85. The van der Waals surface area contributed by atoms with E-state index in [1.165, 1.54) is 25.1 Å². The predicted octanol–water partition coefficient (Wildman–Crippen LogP) is 1.57. The van der Waals surface area contributed by atoms with Gasteiger partial charge in [-0.05, 0) is 19.8 Å². The largest absolute Gasteiger partial charge is 0.318 e. The molecule has 0 radical (unpaired) electrons. The first-order valence-corrected chi connectivity index (χ1v) is 4.29. The summed E-state index contributed by atoms with van der Waals surface area (Å²) in [4.78, 5) is 0. The predicted molar refractivity (Wildman–Crippen MR) is 42.3 cm³/mol. The fourth-order valence-electron chi connectivity index (χ4n) is 1.49. The molecule has 1 aromatic rings. The van der Waals surface area contributed by atoms with E-state index in [1.807, 2.05) is 6.33 Å². The third-order valence-corrected chi connectivity index (χ3v) is 2.46. The van der Waals surface area contributed by atoms with Crippen LogP contribution >= 0.6 is 0 Å². The molecule has 0 amide bonds. The summed E-state index contributed by atoms with van der Waals surface area (Å²) in [7, 11) is 0. The number of hydrogen-bond acceptors (Lipinski definition) is 2. The van der Waals surface area contributed by atoms with Crippen LogP contribution in [0, 0.1) is 0 Å². The van der Waals surface area contributed by atoms with Crippen LogP contribution in [0.1, 0.15) is 37.9 Å². The van der Waals surface area contributed by atoms with Crippen LogP contribution in [0.25, 0.3) is 0 Å². The average Bonchev–Trinajstić information content (AvgIpc) is 2.32. The fraction of sp³-hybridized carbons (Fsp3) is 0.750. The molecule has 1 aromatic heterocycles. The quantitative estimate of drug-likeness (QED) is 0.642. The van der Waals surface area contributed by atoms with Gasteiger partial charge in [-0.2, -0.15) is 0 Å². The zero-order valence-corrected chi connectivity index (χ0v) is 6.82. The van der Waals surface area contributed by atoms with Gasteiger partial charge in [-0.15, -0.1) is 10.2 Å². The standard InChI is InChI=1S/C8H13N3/c1-2-11-6-9-10-8(11)7-4-3-5-7/h6-7H,2-5H2,1H3. The summed E-state index contributed by atoms with van der Waals surface area (Å²) < 4.78 is 2.14. The number of aryl methyl sites for hydroxylation is 1. The minimum Gasteiger partial charge on any atom is -0.318 e. The molecule has 60 valence electrons. The van der Waals surface area contributed by atoms with Crippen molar-refractivity contribution in [2.75, 3.05) is 0 Å². The summed E-state index contributed by atoms with van der Waals surface area (Å²) >= 11 is 0. The van der Waals surface area contributed by atoms with Crippen molar-refractivity contribution >= 4 is 0 Å². The van der Waals surface area contributed by atoms with E-state index in [0.717, 1.165) is 6.54 Å². The molecule has 1 saturated carbocycles. The third kappa shape index (κ3) is 1.04. The molecule has 0 atom stereocenters. The molecular formula is C8H13N3. The van der Waals surface area contributed by atoms with E-state index in [1.54, 1.807) is 0 Å². The molecule has 0 unspecified atom stereocenters. The number of hydrogen-bond donors (Lipinski definition) is 0. The van der Waals surface area contributed by atoms with Crippen LogP contribution in [0.15, 0.2) is 6.33 Å². The average molecular weight is 151 g/mol. The third-order valence-electron chi connectivity index (χ3n) is 2.46. The Balaban J connectivity index is 2.20. The Bertz CT molecular complexity index is 237. The second-order valence-corrected chi connectivity index (χ2v) is 3.10. The SMILES string of the molecule is CCn1cnnc1C1CCC1. The topological polar surface area (TPSA) is 30.7 Å². The number of nitrogens with zero attached hydrogens (tertiary/aromatic N) is 3. The van der Waals surface area contributed by atoms with Gasteiger partial charge < -0.3 is 4.57 Å². The molecule has 1 fully saturated rings. The molecule has 0 spiro atoms. The van der Waals surface area contributed by atoms with Gasteiger partial charge in [0.2, 0.25) is 0 Å². The highest BCUT2D eigenvalue weighted by Crippen LogP contribution is 2.34. The van der Waals surface area contributed by atoms with Gasteiger partial charge >= 0.3 is 0 Å². The highest BCUT2D eigenvalue weighted by molar-refractivity contribution is 5.00. The van der Waals surface area contributed by atoms with Gasteiger partial charge in [0.15, 0.2) is 0 Å². The summed E-state index contributed by atoms with van der Waals surface area (Å²) in [5, 5.41) is 8.03. The van der Waals surface area contributed by atoms with E-state index < -0.39 is 0 Å². The number of rotatable bonds is 2.